The van der Waals surface area contributed by atoms with Crippen LogP contribution in [0.5, 0.6) is 0 Å². The lowest BCUT2D eigenvalue weighted by Crippen LogP contribution is -2.11. The number of aryl methyl sites for hydroxylation is 1. The first-order valence-electron chi connectivity index (χ1n) is 8.60. The van der Waals surface area contributed by atoms with Gasteiger partial charge in [-0.3, -0.25) is 4.79 Å². The minimum absolute atomic E-state index is 0.252. The van der Waals surface area contributed by atoms with Crippen LogP contribution in [-0.2, 0) is 10.5 Å². The van der Waals surface area contributed by atoms with Crippen LogP contribution in [-0.4, -0.2) is 32.5 Å². The first kappa shape index (κ1) is 18.6. The molecule has 4 aromatic rings. The molecule has 0 aliphatic heterocycles. The molecule has 0 bridgehead atoms. The maximum Gasteiger partial charge on any atom is 0.348 e. The number of H-pyrrole nitrogens is 1. The predicted molar refractivity (Wildman–Crippen MR) is 110 cm³/mol. The molecule has 0 saturated heterocycles. The summed E-state index contributed by atoms with van der Waals surface area (Å²) in [4.78, 5) is 41.6. The summed E-state index contributed by atoms with van der Waals surface area (Å²) in [7, 11) is 0. The van der Waals surface area contributed by atoms with Crippen molar-refractivity contribution in [2.75, 3.05) is 6.61 Å². The van der Waals surface area contributed by atoms with Gasteiger partial charge in [-0.2, -0.15) is 0 Å². The molecular formula is C19H16N4O3S2. The zero-order valence-electron chi connectivity index (χ0n) is 15.2. The van der Waals surface area contributed by atoms with Crippen LogP contribution in [0.25, 0.3) is 21.1 Å². The Kier molecular flexibility index (Phi) is 5.10. The first-order valence-corrected chi connectivity index (χ1v) is 10.4. The highest BCUT2D eigenvalue weighted by atomic mass is 32.2. The van der Waals surface area contributed by atoms with Crippen molar-refractivity contribution in [2.24, 2.45) is 0 Å². The van der Waals surface area contributed by atoms with Gasteiger partial charge in [-0.05, 0) is 25.5 Å². The van der Waals surface area contributed by atoms with Gasteiger partial charge in [-0.15, -0.1) is 11.3 Å². The number of hydrogen-bond donors (Lipinski definition) is 1. The molecule has 0 fully saturated rings. The molecule has 9 heteroatoms. The molecule has 1 aromatic carbocycles. The van der Waals surface area contributed by atoms with Gasteiger partial charge in [0.15, 0.2) is 0 Å². The number of esters is 1. The van der Waals surface area contributed by atoms with Crippen LogP contribution in [0.4, 0.5) is 0 Å². The van der Waals surface area contributed by atoms with E-state index in [0.717, 1.165) is 15.9 Å². The van der Waals surface area contributed by atoms with Gasteiger partial charge in [0.1, 0.15) is 26.9 Å². The number of ether oxygens (including phenoxy) is 1. The van der Waals surface area contributed by atoms with Crippen molar-refractivity contribution in [3.05, 3.63) is 57.2 Å². The van der Waals surface area contributed by atoms with Crippen LogP contribution in [0.3, 0.4) is 0 Å². The molecule has 3 heterocycles. The van der Waals surface area contributed by atoms with Gasteiger partial charge in [0.2, 0.25) is 0 Å². The number of thioether (sulfide) groups is 1. The highest BCUT2D eigenvalue weighted by Crippen LogP contribution is 2.29. The molecule has 28 heavy (non-hydrogen) atoms. The zero-order chi connectivity index (χ0) is 19.7. The molecule has 0 atom stereocenters. The zero-order valence-corrected chi connectivity index (χ0v) is 16.8. The Hall–Kier alpha value is -2.78. The number of aromatic nitrogens is 4. The number of nitrogens with one attached hydrogen (secondary N) is 1. The standard InChI is InChI=1S/C19H16N4O3S2/c1-3-26-19(25)15-10(2)14-16(24)22-13(23-18(14)28-15)8-27-17-11-6-4-5-7-12(11)20-9-21-17/h4-7,9H,3,8H2,1-2H3,(H,22,23,24). The number of carbonyl (C=O) groups excluding carboxylic acids is 1. The summed E-state index contributed by atoms with van der Waals surface area (Å²) in [6.45, 7) is 3.77. The van der Waals surface area contributed by atoms with E-state index < -0.39 is 5.97 Å². The number of para-hydroxylation sites is 1. The number of aromatic amines is 1. The predicted octanol–water partition coefficient (Wildman–Crippen LogP) is 3.71. The summed E-state index contributed by atoms with van der Waals surface area (Å²) in [5.74, 6) is 0.547. The fourth-order valence-electron chi connectivity index (χ4n) is 2.88. The average molecular weight is 412 g/mol. The highest BCUT2D eigenvalue weighted by Gasteiger charge is 2.20. The second kappa shape index (κ2) is 7.69. The maximum atomic E-state index is 12.6. The smallest absolute Gasteiger partial charge is 0.348 e. The normalized spacial score (nSPS) is 11.2. The number of benzene rings is 1. The Morgan fingerprint density at radius 3 is 2.93 bits per heavy atom. The van der Waals surface area contributed by atoms with Crippen LogP contribution in [0, 0.1) is 6.92 Å². The quantitative estimate of drug-likeness (QED) is 0.303. The fourth-order valence-corrected chi connectivity index (χ4v) is 4.83. The number of hydrogen-bond acceptors (Lipinski definition) is 8. The Morgan fingerprint density at radius 2 is 2.11 bits per heavy atom. The molecule has 4 rings (SSSR count). The lowest BCUT2D eigenvalue weighted by Gasteiger charge is -2.04. The molecule has 0 aliphatic carbocycles. The molecule has 0 amide bonds. The van der Waals surface area contributed by atoms with Gasteiger partial charge >= 0.3 is 5.97 Å². The van der Waals surface area contributed by atoms with E-state index in [9.17, 15) is 9.59 Å². The molecule has 0 spiro atoms. The molecular weight excluding hydrogens is 396 g/mol. The molecule has 1 N–H and O–H groups in total. The van der Waals surface area contributed by atoms with Crippen LogP contribution in [0.2, 0.25) is 0 Å². The molecule has 3 aromatic heterocycles. The van der Waals surface area contributed by atoms with Crippen LogP contribution in [0.15, 0.2) is 40.4 Å². The van der Waals surface area contributed by atoms with Crippen molar-refractivity contribution < 1.29 is 9.53 Å². The van der Waals surface area contributed by atoms with E-state index in [2.05, 4.69) is 19.9 Å². The monoisotopic (exact) mass is 412 g/mol. The number of fused-ring (bicyclic) bond motifs is 2. The average Bonchev–Trinajstić information content (AvgIpc) is 3.03. The first-order chi connectivity index (χ1) is 13.6. The van der Waals surface area contributed by atoms with E-state index in [-0.39, 0.29) is 12.2 Å². The van der Waals surface area contributed by atoms with E-state index in [0.29, 0.717) is 32.2 Å². The molecule has 0 saturated carbocycles. The molecule has 142 valence electrons. The van der Waals surface area contributed by atoms with Crippen molar-refractivity contribution in [3.8, 4) is 0 Å². The van der Waals surface area contributed by atoms with Gasteiger partial charge in [0.05, 0.1) is 23.3 Å². The number of rotatable bonds is 5. The minimum atomic E-state index is -0.425. The van der Waals surface area contributed by atoms with Crippen molar-refractivity contribution in [1.29, 1.82) is 0 Å². The SMILES string of the molecule is CCOC(=O)c1sc2nc(CSc3ncnc4ccccc34)[nH]c(=O)c2c1C. The summed E-state index contributed by atoms with van der Waals surface area (Å²) in [6, 6.07) is 7.76. The van der Waals surface area contributed by atoms with Crippen molar-refractivity contribution >= 4 is 50.2 Å². The van der Waals surface area contributed by atoms with Gasteiger partial charge in [-0.1, -0.05) is 30.0 Å². The highest BCUT2D eigenvalue weighted by molar-refractivity contribution is 7.98. The Balaban J connectivity index is 1.66. The van der Waals surface area contributed by atoms with Crippen molar-refractivity contribution in [2.45, 2.75) is 24.6 Å². The van der Waals surface area contributed by atoms with Crippen LogP contribution < -0.4 is 5.56 Å². The Bertz CT molecular complexity index is 1240. The van der Waals surface area contributed by atoms with Gasteiger partial charge in [0, 0.05) is 5.39 Å². The maximum absolute atomic E-state index is 12.6. The van der Waals surface area contributed by atoms with Gasteiger partial charge in [0.25, 0.3) is 5.56 Å². The van der Waals surface area contributed by atoms with E-state index in [1.54, 1.807) is 13.8 Å². The Labute approximate surface area is 168 Å². The molecule has 0 unspecified atom stereocenters. The van der Waals surface area contributed by atoms with Crippen LogP contribution >= 0.6 is 23.1 Å². The van der Waals surface area contributed by atoms with E-state index in [1.165, 1.54) is 29.4 Å². The summed E-state index contributed by atoms with van der Waals surface area (Å²) >= 11 is 2.66. The molecule has 0 aliphatic rings. The summed E-state index contributed by atoms with van der Waals surface area (Å²) in [5.41, 5.74) is 1.22. The van der Waals surface area contributed by atoms with Crippen molar-refractivity contribution in [3.63, 3.8) is 0 Å². The number of nitrogens with zero attached hydrogens (tertiary/aromatic N) is 3. The summed E-state index contributed by atoms with van der Waals surface area (Å²) < 4.78 is 5.07. The number of carbonyl (C=O) groups is 1. The Morgan fingerprint density at radius 1 is 1.29 bits per heavy atom. The molecule has 7 nitrogen and oxygen atoms in total. The number of thiophene rings is 1. The minimum Gasteiger partial charge on any atom is -0.462 e. The third-order valence-corrected chi connectivity index (χ3v) is 6.34. The second-order valence-electron chi connectivity index (χ2n) is 5.95. The summed E-state index contributed by atoms with van der Waals surface area (Å²) in [6.07, 6.45) is 1.53. The van der Waals surface area contributed by atoms with E-state index in [1.807, 2.05) is 24.3 Å². The molecule has 0 radical (unpaired) electrons. The van der Waals surface area contributed by atoms with E-state index >= 15 is 0 Å². The third kappa shape index (κ3) is 3.38. The lowest BCUT2D eigenvalue weighted by molar-refractivity contribution is 0.0531. The fraction of sp³-hybridized carbons (Fsp3) is 0.211. The largest absolute Gasteiger partial charge is 0.462 e. The lowest BCUT2D eigenvalue weighted by atomic mass is 10.2. The van der Waals surface area contributed by atoms with Crippen molar-refractivity contribution in [1.82, 2.24) is 19.9 Å². The second-order valence-corrected chi connectivity index (χ2v) is 7.92. The van der Waals surface area contributed by atoms with E-state index in [4.69, 9.17) is 4.74 Å². The van der Waals surface area contributed by atoms with Gasteiger partial charge in [-0.25, -0.2) is 19.7 Å². The van der Waals surface area contributed by atoms with Crippen LogP contribution in [0.1, 0.15) is 28.0 Å². The summed E-state index contributed by atoms with van der Waals surface area (Å²) in [5, 5.41) is 2.21. The topological polar surface area (TPSA) is 97.8 Å². The third-order valence-electron chi connectivity index (χ3n) is 4.16. The van der Waals surface area contributed by atoms with Gasteiger partial charge < -0.3 is 9.72 Å².